The third kappa shape index (κ3) is 3.65. The van der Waals surface area contributed by atoms with Crippen molar-refractivity contribution in [2.45, 2.75) is 12.3 Å². The molecule has 0 spiro atoms. The number of nitrogens with zero attached hydrogens (tertiary/aromatic N) is 1. The van der Waals surface area contributed by atoms with Gasteiger partial charge in [-0.15, -0.1) is 0 Å². The Hall–Kier alpha value is -1.84. The van der Waals surface area contributed by atoms with Crippen molar-refractivity contribution in [2.24, 2.45) is 0 Å². The average molecular weight is 454 g/mol. The Balaban J connectivity index is 2.07. The largest absolute Gasteiger partial charge is 0.481 e. The predicted octanol–water partition coefficient (Wildman–Crippen LogP) is 5.14. The molecule has 0 aliphatic heterocycles. The van der Waals surface area contributed by atoms with Gasteiger partial charge >= 0.3 is 6.18 Å². The zero-order chi connectivity index (χ0) is 19.1. The number of nitrogens with one attached hydrogen (secondary N) is 1. The highest BCUT2D eigenvalue weighted by Gasteiger charge is 2.31. The maximum Gasteiger partial charge on any atom is 0.422 e. The van der Waals surface area contributed by atoms with Gasteiger partial charge in [0.1, 0.15) is 11.8 Å². The van der Waals surface area contributed by atoms with Crippen molar-refractivity contribution in [3.63, 3.8) is 0 Å². The lowest BCUT2D eigenvalue weighted by Gasteiger charge is -2.18. The second kappa shape index (κ2) is 7.05. The van der Waals surface area contributed by atoms with E-state index in [9.17, 15) is 22.7 Å². The first-order valence-electron chi connectivity index (χ1n) is 7.16. The minimum absolute atomic E-state index is 0.0877. The molecule has 3 aromatic rings. The maximum absolute atomic E-state index is 14.7. The number of aliphatic hydroxyl groups excluding tert-OH is 1. The molecule has 0 aliphatic carbocycles. The number of aromatic amines is 1. The number of aromatic nitrogens is 2. The van der Waals surface area contributed by atoms with E-state index in [-0.39, 0.29) is 15.1 Å². The zero-order valence-corrected chi connectivity index (χ0v) is 15.1. The van der Waals surface area contributed by atoms with Gasteiger partial charge in [0.15, 0.2) is 18.2 Å². The van der Waals surface area contributed by atoms with Crippen LogP contribution in [0, 0.1) is 5.82 Å². The quantitative estimate of drug-likeness (QED) is 0.425. The van der Waals surface area contributed by atoms with Crippen molar-refractivity contribution < 1.29 is 27.4 Å². The third-order valence-corrected chi connectivity index (χ3v) is 4.86. The summed E-state index contributed by atoms with van der Waals surface area (Å²) in [5.41, 5.74) is 0.332. The highest BCUT2D eigenvalue weighted by molar-refractivity contribution is 9.10. The zero-order valence-electron chi connectivity index (χ0n) is 12.7. The number of H-pyrrole nitrogens is 1. The van der Waals surface area contributed by atoms with Gasteiger partial charge in [-0.2, -0.15) is 13.2 Å². The molecular formula is C16H10BrClF4N2O2. The Kier molecular flexibility index (Phi) is 5.14. The van der Waals surface area contributed by atoms with Gasteiger partial charge in [-0.3, -0.25) is 0 Å². The number of pyridine rings is 1. The van der Waals surface area contributed by atoms with E-state index in [2.05, 4.69) is 30.6 Å². The molecule has 10 heteroatoms. The smallest absolute Gasteiger partial charge is 0.422 e. The molecule has 0 bridgehead atoms. The number of alkyl halides is 3. The highest BCUT2D eigenvalue weighted by Crippen LogP contribution is 2.41. The van der Waals surface area contributed by atoms with E-state index in [1.54, 1.807) is 12.1 Å². The fourth-order valence-corrected chi connectivity index (χ4v) is 3.13. The van der Waals surface area contributed by atoms with E-state index < -0.39 is 36.0 Å². The summed E-state index contributed by atoms with van der Waals surface area (Å²) in [6.07, 6.45) is -3.23. The van der Waals surface area contributed by atoms with Crippen molar-refractivity contribution in [2.75, 3.05) is 6.61 Å². The first kappa shape index (κ1) is 18.9. The van der Waals surface area contributed by atoms with Gasteiger partial charge in [-0.25, -0.2) is 9.37 Å². The van der Waals surface area contributed by atoms with Gasteiger partial charge in [0.2, 0.25) is 0 Å². The summed E-state index contributed by atoms with van der Waals surface area (Å²) in [6, 6.07) is 4.27. The summed E-state index contributed by atoms with van der Waals surface area (Å²) in [4.78, 5) is 6.89. The lowest BCUT2D eigenvalue weighted by atomic mass is 10.0. The molecule has 0 fully saturated rings. The topological polar surface area (TPSA) is 58.1 Å². The van der Waals surface area contributed by atoms with Gasteiger partial charge in [-0.1, -0.05) is 11.6 Å². The van der Waals surface area contributed by atoms with Crippen LogP contribution in [0.3, 0.4) is 0 Å². The predicted molar refractivity (Wildman–Crippen MR) is 90.8 cm³/mol. The van der Waals surface area contributed by atoms with Crippen molar-refractivity contribution >= 4 is 38.6 Å². The Bertz CT molecular complexity index is 961. The number of benzene rings is 1. The van der Waals surface area contributed by atoms with Gasteiger partial charge in [0, 0.05) is 33.4 Å². The fourth-order valence-electron chi connectivity index (χ4n) is 2.46. The summed E-state index contributed by atoms with van der Waals surface area (Å²) in [6.45, 7) is -1.68. The van der Waals surface area contributed by atoms with Crippen LogP contribution in [0.25, 0.3) is 11.0 Å². The van der Waals surface area contributed by atoms with Gasteiger partial charge in [0.25, 0.3) is 0 Å². The summed E-state index contributed by atoms with van der Waals surface area (Å²) < 4.78 is 56.4. The molecule has 0 amide bonds. The second-order valence-electron chi connectivity index (χ2n) is 5.35. The molecule has 4 nitrogen and oxygen atoms in total. The number of rotatable bonds is 4. The minimum Gasteiger partial charge on any atom is -0.481 e. The first-order valence-corrected chi connectivity index (χ1v) is 8.33. The molecule has 2 heterocycles. The summed E-state index contributed by atoms with van der Waals surface area (Å²) in [5.74, 6) is -1.85. The normalized spacial score (nSPS) is 13.2. The number of ether oxygens (including phenoxy) is 1. The van der Waals surface area contributed by atoms with Crippen LogP contribution in [0.2, 0.25) is 5.02 Å². The number of halogens is 6. The van der Waals surface area contributed by atoms with E-state index in [0.29, 0.717) is 11.0 Å². The number of fused-ring (bicyclic) bond motifs is 1. The minimum atomic E-state index is -4.64. The average Bonchev–Trinajstić information content (AvgIpc) is 3.00. The molecule has 0 saturated heterocycles. The van der Waals surface area contributed by atoms with E-state index in [4.69, 9.17) is 11.6 Å². The van der Waals surface area contributed by atoms with Gasteiger partial charge in [-0.05, 0) is 34.1 Å². The van der Waals surface area contributed by atoms with Crippen LogP contribution >= 0.6 is 27.5 Å². The maximum atomic E-state index is 14.7. The van der Waals surface area contributed by atoms with Crippen molar-refractivity contribution in [3.8, 4) is 5.75 Å². The van der Waals surface area contributed by atoms with Crippen LogP contribution in [-0.4, -0.2) is 27.9 Å². The van der Waals surface area contributed by atoms with E-state index in [1.165, 1.54) is 12.4 Å². The molecule has 138 valence electrons. The molecule has 2 aromatic heterocycles. The van der Waals surface area contributed by atoms with Gasteiger partial charge < -0.3 is 14.8 Å². The van der Waals surface area contributed by atoms with Crippen molar-refractivity contribution in [1.82, 2.24) is 9.97 Å². The van der Waals surface area contributed by atoms with Gasteiger partial charge in [0.05, 0.1) is 5.02 Å². The lowest BCUT2D eigenvalue weighted by Crippen LogP contribution is -2.20. The molecule has 1 unspecified atom stereocenters. The SMILES string of the molecule is OC(c1c(F)c(OCC(F)(F)F)cc(Br)c1Cl)c1c[nH]c2ncccc12. The molecule has 1 aromatic carbocycles. The molecule has 1 atom stereocenters. The third-order valence-electron chi connectivity index (χ3n) is 3.60. The lowest BCUT2D eigenvalue weighted by molar-refractivity contribution is -0.153. The Morgan fingerprint density at radius 3 is 2.81 bits per heavy atom. The monoisotopic (exact) mass is 452 g/mol. The highest BCUT2D eigenvalue weighted by atomic mass is 79.9. The molecular weight excluding hydrogens is 444 g/mol. The standard InChI is InChI=1S/C16H10BrClF4N2O2/c17-9-4-10(26-6-16(20,21)22)13(19)11(12(9)18)14(25)8-5-24-15-7(8)2-1-3-23-15/h1-5,14,25H,6H2,(H,23,24). The molecule has 0 aliphatic rings. The molecule has 0 radical (unpaired) electrons. The van der Waals surface area contributed by atoms with E-state index >= 15 is 0 Å². The molecule has 2 N–H and O–H groups in total. The Labute approximate surface area is 157 Å². The molecule has 26 heavy (non-hydrogen) atoms. The Morgan fingerprint density at radius 2 is 2.12 bits per heavy atom. The first-order chi connectivity index (χ1) is 12.2. The Morgan fingerprint density at radius 1 is 1.38 bits per heavy atom. The fraction of sp³-hybridized carbons (Fsp3) is 0.188. The second-order valence-corrected chi connectivity index (χ2v) is 6.58. The number of hydrogen-bond donors (Lipinski definition) is 2. The molecule has 3 rings (SSSR count). The van der Waals surface area contributed by atoms with Crippen LogP contribution in [0.4, 0.5) is 17.6 Å². The van der Waals surface area contributed by atoms with Crippen molar-refractivity contribution in [1.29, 1.82) is 0 Å². The van der Waals surface area contributed by atoms with Crippen LogP contribution in [-0.2, 0) is 0 Å². The van der Waals surface area contributed by atoms with Crippen LogP contribution < -0.4 is 4.74 Å². The molecule has 0 saturated carbocycles. The summed E-state index contributed by atoms with van der Waals surface area (Å²) >= 11 is 9.11. The summed E-state index contributed by atoms with van der Waals surface area (Å²) in [5, 5.41) is 11.0. The number of hydrogen-bond acceptors (Lipinski definition) is 3. The van der Waals surface area contributed by atoms with Crippen molar-refractivity contribution in [3.05, 3.63) is 57.0 Å². The van der Waals surface area contributed by atoms with Crippen LogP contribution in [0.1, 0.15) is 17.2 Å². The summed E-state index contributed by atoms with van der Waals surface area (Å²) in [7, 11) is 0. The van der Waals surface area contributed by atoms with E-state index in [0.717, 1.165) is 6.07 Å². The van der Waals surface area contributed by atoms with Crippen LogP contribution in [0.5, 0.6) is 5.75 Å². The van der Waals surface area contributed by atoms with Crippen LogP contribution in [0.15, 0.2) is 35.1 Å². The number of aliphatic hydroxyl groups is 1. The van der Waals surface area contributed by atoms with E-state index in [1.807, 2.05) is 0 Å².